The van der Waals surface area contributed by atoms with Crippen molar-refractivity contribution >= 4 is 5.82 Å². The second-order valence-corrected chi connectivity index (χ2v) is 6.52. The van der Waals surface area contributed by atoms with Gasteiger partial charge >= 0.3 is 6.36 Å². The number of aromatic nitrogens is 2. The van der Waals surface area contributed by atoms with Gasteiger partial charge in [-0.25, -0.2) is 4.98 Å². The average Bonchev–Trinajstić information content (AvgIpc) is 3.02. The molecule has 0 N–H and O–H groups in total. The number of alkyl halides is 3. The van der Waals surface area contributed by atoms with Crippen LogP contribution in [0.15, 0.2) is 42.9 Å². The maximum Gasteiger partial charge on any atom is 0.573 e. The van der Waals surface area contributed by atoms with Crippen molar-refractivity contribution in [2.45, 2.75) is 12.8 Å². The number of nitrogens with zero attached hydrogens (tertiary/aromatic N) is 3. The summed E-state index contributed by atoms with van der Waals surface area (Å²) < 4.78 is 40.8. The highest BCUT2D eigenvalue weighted by atomic mass is 19.4. The van der Waals surface area contributed by atoms with E-state index in [0.29, 0.717) is 17.8 Å². The fraction of sp³-hybridized carbons (Fsp3) is 0.389. The predicted molar refractivity (Wildman–Crippen MR) is 85.9 cm³/mol. The molecular weight excluding hydrogens is 331 g/mol. The van der Waals surface area contributed by atoms with E-state index in [9.17, 15) is 13.2 Å². The van der Waals surface area contributed by atoms with Gasteiger partial charge in [0.25, 0.3) is 0 Å². The van der Waals surface area contributed by atoms with E-state index in [2.05, 4.69) is 19.6 Å². The quantitative estimate of drug-likeness (QED) is 0.826. The lowest BCUT2D eigenvalue weighted by atomic mass is 10.0. The molecular formula is C18H17F3N3O. The first-order chi connectivity index (χ1) is 12.0. The lowest BCUT2D eigenvalue weighted by Crippen LogP contribution is -2.25. The van der Waals surface area contributed by atoms with Gasteiger partial charge in [0, 0.05) is 25.5 Å². The summed E-state index contributed by atoms with van der Waals surface area (Å²) in [5, 5.41) is 0. The highest BCUT2D eigenvalue weighted by molar-refractivity contribution is 5.40. The fourth-order valence-corrected chi connectivity index (χ4v) is 3.75. The molecule has 2 fully saturated rings. The highest BCUT2D eigenvalue weighted by Gasteiger charge is 2.55. The summed E-state index contributed by atoms with van der Waals surface area (Å²) in [6.45, 7) is 1.94. The van der Waals surface area contributed by atoms with E-state index < -0.39 is 6.36 Å². The first-order valence-corrected chi connectivity index (χ1v) is 8.19. The molecule has 4 rings (SSSR count). The summed E-state index contributed by atoms with van der Waals surface area (Å²) in [4.78, 5) is 10.7. The molecule has 1 radical (unpaired) electrons. The van der Waals surface area contributed by atoms with Gasteiger partial charge in [-0.05, 0) is 48.3 Å². The van der Waals surface area contributed by atoms with E-state index in [0.717, 1.165) is 30.9 Å². The Hall–Kier alpha value is -2.31. The molecule has 2 atom stereocenters. The molecule has 0 spiro atoms. The molecule has 0 bridgehead atoms. The number of piperidine rings is 1. The molecule has 2 aliphatic rings. The van der Waals surface area contributed by atoms with Gasteiger partial charge < -0.3 is 9.64 Å². The van der Waals surface area contributed by atoms with Crippen LogP contribution in [0, 0.1) is 24.2 Å². The van der Waals surface area contributed by atoms with Gasteiger partial charge in [0.1, 0.15) is 11.6 Å². The van der Waals surface area contributed by atoms with E-state index in [4.69, 9.17) is 0 Å². The molecule has 1 saturated carbocycles. The second-order valence-electron chi connectivity index (χ2n) is 6.52. The Kier molecular flexibility index (Phi) is 4.01. The van der Waals surface area contributed by atoms with Crippen molar-refractivity contribution in [3.63, 3.8) is 0 Å². The molecule has 1 aliphatic heterocycles. The number of fused-ring (bicyclic) bond motifs is 1. The largest absolute Gasteiger partial charge is 0.573 e. The molecule has 4 nitrogen and oxygen atoms in total. The van der Waals surface area contributed by atoms with Crippen molar-refractivity contribution in [1.82, 2.24) is 9.97 Å². The first-order valence-electron chi connectivity index (χ1n) is 8.19. The van der Waals surface area contributed by atoms with Crippen LogP contribution >= 0.6 is 0 Å². The third-order valence-electron chi connectivity index (χ3n) is 4.96. The normalized spacial score (nSPS) is 24.9. The summed E-state index contributed by atoms with van der Waals surface area (Å²) >= 11 is 0. The molecule has 1 aromatic heterocycles. The van der Waals surface area contributed by atoms with Gasteiger partial charge in [0.15, 0.2) is 0 Å². The van der Waals surface area contributed by atoms with Crippen molar-refractivity contribution in [2.75, 3.05) is 18.0 Å². The van der Waals surface area contributed by atoms with Crippen molar-refractivity contribution in [1.29, 1.82) is 0 Å². The van der Waals surface area contributed by atoms with Crippen LogP contribution in [0.3, 0.4) is 0 Å². The summed E-state index contributed by atoms with van der Waals surface area (Å²) in [6, 6.07) is 6.12. The molecule has 1 saturated heterocycles. The Bertz CT molecular complexity index is 726. The summed E-state index contributed by atoms with van der Waals surface area (Å²) in [5.41, 5.74) is 0.762. The zero-order chi connectivity index (χ0) is 17.4. The molecule has 1 aliphatic carbocycles. The Morgan fingerprint density at radius 3 is 2.68 bits per heavy atom. The molecule has 0 amide bonds. The number of hydrogen-bond acceptors (Lipinski definition) is 4. The molecule has 131 valence electrons. The standard InChI is InChI=1S/C18H17F3N3O/c19-18(20,21)25-13-3-1-2-12(8-13)4-5-14-15-10-24(11-16(14)15)17-9-22-6-7-23-17/h1-4,6-9,14-16H,5,10-11H2. The van der Waals surface area contributed by atoms with Crippen molar-refractivity contribution < 1.29 is 17.9 Å². The number of ether oxygens (including phenoxy) is 1. The van der Waals surface area contributed by atoms with Crippen LogP contribution in [0.25, 0.3) is 0 Å². The molecule has 2 heterocycles. The zero-order valence-electron chi connectivity index (χ0n) is 13.4. The van der Waals surface area contributed by atoms with Gasteiger partial charge in [-0.15, -0.1) is 13.2 Å². The number of benzene rings is 1. The minimum absolute atomic E-state index is 0.175. The van der Waals surface area contributed by atoms with Crippen LogP contribution in [0.1, 0.15) is 12.0 Å². The minimum Gasteiger partial charge on any atom is -0.406 e. The predicted octanol–water partition coefficient (Wildman–Crippen LogP) is 3.70. The zero-order valence-corrected chi connectivity index (χ0v) is 13.4. The lowest BCUT2D eigenvalue weighted by molar-refractivity contribution is -0.274. The average molecular weight is 348 g/mol. The number of hydrogen-bond donors (Lipinski definition) is 0. The molecule has 2 aromatic rings. The van der Waals surface area contributed by atoms with Crippen LogP contribution < -0.4 is 9.64 Å². The Morgan fingerprint density at radius 2 is 2.00 bits per heavy atom. The van der Waals surface area contributed by atoms with E-state index in [1.165, 1.54) is 12.1 Å². The second kappa shape index (κ2) is 6.20. The van der Waals surface area contributed by atoms with Crippen LogP contribution in [0.2, 0.25) is 0 Å². The van der Waals surface area contributed by atoms with E-state index in [1.807, 2.05) is 6.42 Å². The van der Waals surface area contributed by atoms with E-state index in [1.54, 1.807) is 30.7 Å². The maximum atomic E-state index is 12.3. The minimum atomic E-state index is -4.66. The smallest absolute Gasteiger partial charge is 0.406 e. The maximum absolute atomic E-state index is 12.3. The van der Waals surface area contributed by atoms with Gasteiger partial charge in [-0.3, -0.25) is 4.98 Å². The van der Waals surface area contributed by atoms with Gasteiger partial charge in [0.05, 0.1) is 6.20 Å². The summed E-state index contributed by atoms with van der Waals surface area (Å²) in [7, 11) is 0. The fourth-order valence-electron chi connectivity index (χ4n) is 3.75. The van der Waals surface area contributed by atoms with Crippen LogP contribution in [-0.4, -0.2) is 29.4 Å². The van der Waals surface area contributed by atoms with Crippen molar-refractivity contribution in [2.24, 2.45) is 17.8 Å². The van der Waals surface area contributed by atoms with Crippen molar-refractivity contribution in [3.8, 4) is 5.75 Å². The summed E-state index contributed by atoms with van der Waals surface area (Å²) in [6.07, 6.45) is 3.35. The summed E-state index contributed by atoms with van der Waals surface area (Å²) in [5.74, 6) is 2.60. The number of halogens is 3. The SMILES string of the molecule is FC(F)(F)Oc1cccc([CH]CC2C3CN(c4cnccn4)CC23)c1. The van der Waals surface area contributed by atoms with Gasteiger partial charge in [0.2, 0.25) is 0 Å². The third kappa shape index (κ3) is 3.70. The molecule has 7 heteroatoms. The van der Waals surface area contributed by atoms with Crippen molar-refractivity contribution in [3.05, 3.63) is 54.8 Å². The van der Waals surface area contributed by atoms with Gasteiger partial charge in [-0.1, -0.05) is 12.1 Å². The van der Waals surface area contributed by atoms with Crippen LogP contribution in [-0.2, 0) is 0 Å². The highest BCUT2D eigenvalue weighted by Crippen LogP contribution is 2.54. The van der Waals surface area contributed by atoms with E-state index in [-0.39, 0.29) is 5.75 Å². The first kappa shape index (κ1) is 16.2. The molecule has 25 heavy (non-hydrogen) atoms. The van der Waals surface area contributed by atoms with Crippen LogP contribution in [0.4, 0.5) is 19.0 Å². The van der Waals surface area contributed by atoms with E-state index >= 15 is 0 Å². The third-order valence-corrected chi connectivity index (χ3v) is 4.96. The molecule has 2 unspecified atom stereocenters. The topological polar surface area (TPSA) is 38.2 Å². The van der Waals surface area contributed by atoms with Crippen LogP contribution in [0.5, 0.6) is 5.75 Å². The Balaban J connectivity index is 1.28. The number of anilines is 1. The molecule has 1 aromatic carbocycles. The number of rotatable bonds is 5. The Labute approximate surface area is 143 Å². The Morgan fingerprint density at radius 1 is 1.20 bits per heavy atom. The van der Waals surface area contributed by atoms with Gasteiger partial charge in [-0.2, -0.15) is 0 Å². The lowest BCUT2D eigenvalue weighted by Gasteiger charge is -2.20. The monoisotopic (exact) mass is 348 g/mol.